The number of allylic oxidation sites excluding steroid dienone is 2. The minimum atomic E-state index is -0.247. The number of hydrogen-bond donors (Lipinski definition) is 0. The van der Waals surface area contributed by atoms with Crippen LogP contribution in [-0.2, 0) is 14.9 Å². The molecule has 25 heavy (non-hydrogen) atoms. The number of fused-ring (bicyclic) bond motifs is 5. The molecule has 0 aromatic carbocycles. The molecule has 0 N–H and O–H groups in total. The molecule has 0 amide bonds. The molecule has 3 saturated heterocycles. The Morgan fingerprint density at radius 2 is 2.00 bits per heavy atom. The van der Waals surface area contributed by atoms with Crippen molar-refractivity contribution in [3.63, 3.8) is 0 Å². The van der Waals surface area contributed by atoms with Gasteiger partial charge in [-0.2, -0.15) is 0 Å². The summed E-state index contributed by atoms with van der Waals surface area (Å²) in [5.41, 5.74) is 1.05. The first-order valence-electron chi connectivity index (χ1n) is 9.32. The predicted molar refractivity (Wildman–Crippen MR) is 103 cm³/mol. The molecule has 3 aliphatic heterocycles. The van der Waals surface area contributed by atoms with E-state index in [1.165, 1.54) is 10.5 Å². The number of epoxide rings is 1. The van der Waals surface area contributed by atoms with E-state index in [1.807, 2.05) is 0 Å². The lowest BCUT2D eigenvalue weighted by atomic mass is 9.79. The fraction of sp³-hybridized carbons (Fsp3) is 0.619. The summed E-state index contributed by atoms with van der Waals surface area (Å²) in [7, 11) is 4.71. The van der Waals surface area contributed by atoms with E-state index in [2.05, 4.69) is 65.0 Å². The molecule has 1 aromatic rings. The van der Waals surface area contributed by atoms with Crippen LogP contribution in [0.3, 0.4) is 0 Å². The van der Waals surface area contributed by atoms with E-state index in [1.54, 1.807) is 11.3 Å². The smallest absolute Gasteiger partial charge is 0.142 e. The van der Waals surface area contributed by atoms with Gasteiger partial charge in [0.2, 0.25) is 0 Å². The molecule has 2 bridgehead atoms. The zero-order valence-electron chi connectivity index (χ0n) is 16.0. The Labute approximate surface area is 155 Å². The highest BCUT2D eigenvalue weighted by Gasteiger charge is 2.70. The van der Waals surface area contributed by atoms with Crippen LogP contribution in [0, 0.1) is 0 Å². The molecule has 4 heterocycles. The van der Waals surface area contributed by atoms with Gasteiger partial charge in [-0.15, -0.1) is 11.3 Å². The minimum absolute atomic E-state index is 0.247. The van der Waals surface area contributed by atoms with Crippen LogP contribution in [0.4, 0.5) is 0 Å². The third-order valence-corrected chi connectivity index (χ3v) is 8.23. The highest BCUT2D eigenvalue weighted by molar-refractivity contribution is 7.10. The van der Waals surface area contributed by atoms with Crippen LogP contribution in [0.5, 0.6) is 0 Å². The van der Waals surface area contributed by atoms with Crippen molar-refractivity contribution >= 4 is 11.3 Å². The van der Waals surface area contributed by atoms with Crippen molar-refractivity contribution in [2.75, 3.05) is 14.1 Å². The molecule has 3 nitrogen and oxygen atoms in total. The first kappa shape index (κ1) is 17.3. The Balaban J connectivity index is 1.54. The largest absolute Gasteiger partial charge is 0.494 e. The zero-order valence-corrected chi connectivity index (χ0v) is 16.8. The second-order valence-electron chi connectivity index (χ2n) is 8.54. The monoisotopic (exact) mass is 360 g/mol. The van der Waals surface area contributed by atoms with E-state index >= 15 is 0 Å². The Hall–Kier alpha value is -1.10. The Morgan fingerprint density at radius 1 is 1.36 bits per heavy atom. The number of piperidine rings is 1. The first-order chi connectivity index (χ1) is 11.8. The lowest BCUT2D eigenvalue weighted by molar-refractivity contribution is -0.938. The average Bonchev–Trinajstić information content (AvgIpc) is 3.12. The van der Waals surface area contributed by atoms with Gasteiger partial charge in [0.15, 0.2) is 0 Å². The summed E-state index contributed by atoms with van der Waals surface area (Å²) in [6.45, 7) is 10.9. The normalized spacial score (nSPS) is 38.0. The lowest BCUT2D eigenvalue weighted by Crippen LogP contribution is -2.59. The summed E-state index contributed by atoms with van der Waals surface area (Å²) in [6, 6.07) is 5.44. The fourth-order valence-electron chi connectivity index (χ4n) is 5.02. The molecule has 4 rings (SSSR count). The Bertz CT molecular complexity index is 687. The standard InChI is InChI=1S/C21H30NO2S/c1-7-13(2)21(4,18-9-8-10-25-18)14(3)23-15-11-16-19-20(24-19)17(12-15)22(16,5)6/h7-10,15-17,19-20H,3,11-12H2,1-2,4-6H3/q+1. The van der Waals surface area contributed by atoms with Gasteiger partial charge in [0.1, 0.15) is 36.2 Å². The molecule has 0 aliphatic carbocycles. The molecule has 5 atom stereocenters. The third kappa shape index (κ3) is 2.45. The number of ether oxygens (including phenoxy) is 2. The van der Waals surface area contributed by atoms with Crippen LogP contribution in [-0.4, -0.2) is 49.0 Å². The third-order valence-electron chi connectivity index (χ3n) is 7.14. The number of hydrogen-bond acceptors (Lipinski definition) is 3. The minimum Gasteiger partial charge on any atom is -0.494 e. The summed E-state index contributed by atoms with van der Waals surface area (Å²) in [6.07, 6.45) is 5.50. The number of quaternary nitrogens is 1. The number of likely N-dealkylation sites (N-methyl/N-ethyl adjacent to an activating group) is 1. The summed E-state index contributed by atoms with van der Waals surface area (Å²) in [5.74, 6) is 0.886. The molecule has 0 radical (unpaired) electrons. The van der Waals surface area contributed by atoms with Crippen molar-refractivity contribution in [2.45, 2.75) is 69.4 Å². The first-order valence-corrected chi connectivity index (χ1v) is 10.2. The lowest BCUT2D eigenvalue weighted by Gasteiger charge is -2.46. The quantitative estimate of drug-likeness (QED) is 0.339. The van der Waals surface area contributed by atoms with E-state index < -0.39 is 0 Å². The summed E-state index contributed by atoms with van der Waals surface area (Å²) >= 11 is 1.78. The van der Waals surface area contributed by atoms with Crippen LogP contribution in [0.2, 0.25) is 0 Å². The molecule has 3 fully saturated rings. The molecule has 4 heteroatoms. The second-order valence-corrected chi connectivity index (χ2v) is 9.49. The van der Waals surface area contributed by atoms with E-state index in [0.717, 1.165) is 23.1 Å². The molecule has 136 valence electrons. The SMILES string of the molecule is C=C(OC1CC2C3OC3C(C1)[N+]2(C)C)C(C)(C(C)=CC)c1cccs1. The maximum Gasteiger partial charge on any atom is 0.142 e. The van der Waals surface area contributed by atoms with E-state index in [4.69, 9.17) is 9.47 Å². The average molecular weight is 361 g/mol. The topological polar surface area (TPSA) is 21.8 Å². The molecule has 3 aliphatic rings. The van der Waals surface area contributed by atoms with Gasteiger partial charge in [-0.05, 0) is 32.2 Å². The Kier molecular flexibility index (Phi) is 3.95. The van der Waals surface area contributed by atoms with Crippen LogP contribution in [0.15, 0.2) is 41.5 Å². The van der Waals surface area contributed by atoms with Gasteiger partial charge in [0, 0.05) is 17.7 Å². The molecular weight excluding hydrogens is 330 g/mol. The number of morpholine rings is 1. The van der Waals surface area contributed by atoms with Crippen molar-refractivity contribution < 1.29 is 14.0 Å². The highest BCUT2D eigenvalue weighted by Crippen LogP contribution is 2.52. The molecule has 0 saturated carbocycles. The number of thiophene rings is 1. The molecule has 0 spiro atoms. The molecule has 5 unspecified atom stereocenters. The maximum absolute atomic E-state index is 6.55. The maximum atomic E-state index is 6.55. The van der Waals surface area contributed by atoms with E-state index in [0.29, 0.717) is 24.3 Å². The van der Waals surface area contributed by atoms with Crippen LogP contribution >= 0.6 is 11.3 Å². The van der Waals surface area contributed by atoms with E-state index in [-0.39, 0.29) is 11.5 Å². The zero-order chi connectivity index (χ0) is 18.0. The number of rotatable bonds is 5. The van der Waals surface area contributed by atoms with Gasteiger partial charge in [0.05, 0.1) is 19.5 Å². The van der Waals surface area contributed by atoms with Gasteiger partial charge in [-0.25, -0.2) is 0 Å². The summed E-state index contributed by atoms with van der Waals surface area (Å²) in [4.78, 5) is 1.30. The highest BCUT2D eigenvalue weighted by atomic mass is 32.1. The van der Waals surface area contributed by atoms with Crippen molar-refractivity contribution in [1.29, 1.82) is 0 Å². The Morgan fingerprint density at radius 3 is 2.52 bits per heavy atom. The van der Waals surface area contributed by atoms with Gasteiger partial charge < -0.3 is 14.0 Å². The van der Waals surface area contributed by atoms with Crippen molar-refractivity contribution in [3.05, 3.63) is 46.4 Å². The van der Waals surface area contributed by atoms with E-state index in [9.17, 15) is 0 Å². The number of nitrogens with zero attached hydrogens (tertiary/aromatic N) is 1. The summed E-state index contributed by atoms with van der Waals surface area (Å²) < 4.78 is 13.5. The van der Waals surface area contributed by atoms with Gasteiger partial charge in [0.25, 0.3) is 0 Å². The van der Waals surface area contributed by atoms with Crippen LogP contribution < -0.4 is 0 Å². The summed E-state index contributed by atoms with van der Waals surface area (Å²) in [5, 5.41) is 2.13. The second kappa shape index (κ2) is 5.70. The van der Waals surface area contributed by atoms with Gasteiger partial charge in [-0.1, -0.05) is 24.3 Å². The van der Waals surface area contributed by atoms with Gasteiger partial charge >= 0.3 is 0 Å². The van der Waals surface area contributed by atoms with Crippen molar-refractivity contribution in [3.8, 4) is 0 Å². The van der Waals surface area contributed by atoms with Gasteiger partial charge in [-0.3, -0.25) is 0 Å². The predicted octanol–water partition coefficient (Wildman–Crippen LogP) is 4.26. The van der Waals surface area contributed by atoms with Crippen LogP contribution in [0.1, 0.15) is 38.5 Å². The molecule has 1 aromatic heterocycles. The van der Waals surface area contributed by atoms with Crippen LogP contribution in [0.25, 0.3) is 0 Å². The fourth-order valence-corrected chi connectivity index (χ4v) is 6.00. The molecular formula is C21H30NO2S+. The van der Waals surface area contributed by atoms with Crippen molar-refractivity contribution in [2.24, 2.45) is 0 Å². The van der Waals surface area contributed by atoms with Crippen molar-refractivity contribution in [1.82, 2.24) is 0 Å².